The average Bonchev–Trinajstić information content (AvgIpc) is 3.47. The molecule has 0 aliphatic heterocycles. The third-order valence-corrected chi connectivity index (χ3v) is 13.2. The van der Waals surface area contributed by atoms with E-state index >= 15 is 0 Å². The second-order valence-electron chi connectivity index (χ2n) is 20.9. The standard InChI is InChI=1S/C75H118O6/c1-4-7-10-13-16-19-22-24-26-28-30-32-34-35-36-37-38-39-41-42-44-46-48-50-53-56-59-62-65-68-74(77)80-71-72(70-79-73(76)67-64-61-58-55-52-21-18-15-12-9-6-3)81-75(78)69-66-63-60-57-54-51-49-47-45-43-40-33-31-29-27-25-23-20-17-14-11-8-5-2/h7-8,10-11,15-20,24-27,30-33,35-36,38-39,42-45,48,50,72H,4-6,9,12-14,21-23,28-29,34,37,40-41,46-47,49,51-71H2,1-3H3/b10-7-,11-8-,18-15-,19-16-,20-17-,26-24-,27-25-,32-30-,33-31-,36-35-,39-38-,44-42-,45-43-,50-48-. The first-order valence-corrected chi connectivity index (χ1v) is 32.6. The first kappa shape index (κ1) is 75.8. The van der Waals surface area contributed by atoms with Crippen molar-refractivity contribution in [2.45, 2.75) is 271 Å². The molecule has 1 atom stereocenters. The second-order valence-corrected chi connectivity index (χ2v) is 20.9. The molecule has 0 rings (SSSR count). The zero-order valence-corrected chi connectivity index (χ0v) is 52.0. The van der Waals surface area contributed by atoms with Crippen LogP contribution in [-0.4, -0.2) is 37.2 Å². The van der Waals surface area contributed by atoms with Gasteiger partial charge in [-0.25, -0.2) is 0 Å². The fraction of sp³-hybridized carbons (Fsp3) is 0.587. The van der Waals surface area contributed by atoms with E-state index in [0.717, 1.165) is 180 Å². The normalized spacial score (nSPS) is 13.3. The van der Waals surface area contributed by atoms with Crippen molar-refractivity contribution in [1.29, 1.82) is 0 Å². The Kier molecular flexibility index (Phi) is 62.9. The lowest BCUT2D eigenvalue weighted by Gasteiger charge is -2.18. The number of carbonyl (C=O) groups is 3. The maximum Gasteiger partial charge on any atom is 0.306 e. The number of hydrogen-bond donors (Lipinski definition) is 0. The molecule has 0 aromatic heterocycles. The van der Waals surface area contributed by atoms with Gasteiger partial charge in [0.1, 0.15) is 13.2 Å². The molecule has 6 nitrogen and oxygen atoms in total. The molecule has 0 aliphatic carbocycles. The van der Waals surface area contributed by atoms with Crippen molar-refractivity contribution >= 4 is 17.9 Å². The highest BCUT2D eigenvalue weighted by atomic mass is 16.6. The van der Waals surface area contributed by atoms with E-state index in [9.17, 15) is 14.4 Å². The van der Waals surface area contributed by atoms with Gasteiger partial charge in [-0.2, -0.15) is 0 Å². The van der Waals surface area contributed by atoms with Crippen LogP contribution < -0.4 is 0 Å². The first-order valence-electron chi connectivity index (χ1n) is 32.6. The van der Waals surface area contributed by atoms with E-state index in [-0.39, 0.29) is 31.1 Å². The van der Waals surface area contributed by atoms with Crippen molar-refractivity contribution < 1.29 is 28.6 Å². The predicted octanol–water partition coefficient (Wildman–Crippen LogP) is 22.7. The predicted molar refractivity (Wildman–Crippen MR) is 352 cm³/mol. The van der Waals surface area contributed by atoms with E-state index in [1.54, 1.807) is 0 Å². The molecule has 0 bridgehead atoms. The molecule has 0 amide bonds. The minimum Gasteiger partial charge on any atom is -0.462 e. The summed E-state index contributed by atoms with van der Waals surface area (Å²) in [6, 6.07) is 0. The SMILES string of the molecule is CC/C=C\C/C=C\C/C=C\C/C=C\C/C=C\C/C=C\C/C=C\C/C=C\CCCCCCC(=O)OCC(COC(=O)CCCCCCC/C=C\CCCC)OC(=O)CCCCCCCCC/C=C\C/C=C\C/C=C\C/C=C\C/C=C\CC. The number of carbonyl (C=O) groups excluding carboxylic acids is 3. The van der Waals surface area contributed by atoms with Gasteiger partial charge in [0, 0.05) is 19.3 Å². The Morgan fingerprint density at radius 3 is 0.765 bits per heavy atom. The topological polar surface area (TPSA) is 78.9 Å². The Morgan fingerprint density at radius 2 is 0.481 bits per heavy atom. The van der Waals surface area contributed by atoms with Crippen LogP contribution in [0.1, 0.15) is 265 Å². The zero-order chi connectivity index (χ0) is 58.5. The third-order valence-electron chi connectivity index (χ3n) is 13.2. The summed E-state index contributed by atoms with van der Waals surface area (Å²) in [5.74, 6) is -0.954. The minimum absolute atomic E-state index is 0.103. The Morgan fingerprint density at radius 1 is 0.259 bits per heavy atom. The van der Waals surface area contributed by atoms with Crippen molar-refractivity contribution in [3.05, 3.63) is 170 Å². The summed E-state index contributed by atoms with van der Waals surface area (Å²) in [5, 5.41) is 0. The molecular weight excluding hydrogens is 997 g/mol. The van der Waals surface area contributed by atoms with Crippen LogP contribution in [-0.2, 0) is 28.6 Å². The highest BCUT2D eigenvalue weighted by Crippen LogP contribution is 2.14. The third kappa shape index (κ3) is 65.5. The van der Waals surface area contributed by atoms with Crippen LogP contribution in [0.25, 0.3) is 0 Å². The van der Waals surface area contributed by atoms with Crippen LogP contribution in [0.2, 0.25) is 0 Å². The van der Waals surface area contributed by atoms with Crippen molar-refractivity contribution in [2.75, 3.05) is 13.2 Å². The fourth-order valence-corrected chi connectivity index (χ4v) is 8.35. The van der Waals surface area contributed by atoms with E-state index in [4.69, 9.17) is 14.2 Å². The zero-order valence-electron chi connectivity index (χ0n) is 52.0. The monoisotopic (exact) mass is 1110 g/mol. The van der Waals surface area contributed by atoms with E-state index in [0.29, 0.717) is 19.3 Å². The molecule has 6 heteroatoms. The summed E-state index contributed by atoms with van der Waals surface area (Å²) >= 11 is 0. The molecule has 0 aliphatic rings. The number of unbranched alkanes of at least 4 members (excludes halogenated alkanes) is 18. The summed E-state index contributed by atoms with van der Waals surface area (Å²) in [6.45, 7) is 6.33. The van der Waals surface area contributed by atoms with Crippen molar-refractivity contribution in [3.8, 4) is 0 Å². The van der Waals surface area contributed by atoms with Crippen molar-refractivity contribution in [2.24, 2.45) is 0 Å². The van der Waals surface area contributed by atoms with Gasteiger partial charge in [0.15, 0.2) is 6.10 Å². The van der Waals surface area contributed by atoms with Crippen molar-refractivity contribution in [3.63, 3.8) is 0 Å². The summed E-state index contributed by atoms with van der Waals surface area (Å²) in [6.07, 6.45) is 99.3. The van der Waals surface area contributed by atoms with Gasteiger partial charge < -0.3 is 14.2 Å². The number of ether oxygens (including phenoxy) is 3. The fourth-order valence-electron chi connectivity index (χ4n) is 8.35. The van der Waals surface area contributed by atoms with Gasteiger partial charge in [0.25, 0.3) is 0 Å². The van der Waals surface area contributed by atoms with Gasteiger partial charge in [0.2, 0.25) is 0 Å². The maximum atomic E-state index is 12.9. The highest BCUT2D eigenvalue weighted by Gasteiger charge is 2.19. The number of rotatable bonds is 57. The first-order chi connectivity index (χ1) is 40.0. The van der Waals surface area contributed by atoms with E-state index in [1.807, 2.05) is 0 Å². The highest BCUT2D eigenvalue weighted by molar-refractivity contribution is 5.71. The number of esters is 3. The summed E-state index contributed by atoms with van der Waals surface area (Å²) < 4.78 is 16.9. The van der Waals surface area contributed by atoms with Gasteiger partial charge in [-0.05, 0) is 148 Å². The molecular formula is C75H118O6. The van der Waals surface area contributed by atoms with Crippen LogP contribution in [0.3, 0.4) is 0 Å². The summed E-state index contributed by atoms with van der Waals surface area (Å²) in [7, 11) is 0. The maximum absolute atomic E-state index is 12.9. The summed E-state index contributed by atoms with van der Waals surface area (Å²) in [5.41, 5.74) is 0. The molecule has 81 heavy (non-hydrogen) atoms. The lowest BCUT2D eigenvalue weighted by molar-refractivity contribution is -0.167. The van der Waals surface area contributed by atoms with Crippen LogP contribution in [0, 0.1) is 0 Å². The lowest BCUT2D eigenvalue weighted by Crippen LogP contribution is -2.30. The minimum atomic E-state index is -0.808. The number of hydrogen-bond acceptors (Lipinski definition) is 6. The molecule has 0 aromatic rings. The Balaban J connectivity index is 4.40. The molecule has 0 spiro atoms. The summed E-state index contributed by atoms with van der Waals surface area (Å²) in [4.78, 5) is 38.3. The van der Waals surface area contributed by atoms with Gasteiger partial charge in [-0.1, -0.05) is 268 Å². The molecule has 0 fully saturated rings. The molecule has 0 saturated carbocycles. The Hall–Kier alpha value is -5.23. The smallest absolute Gasteiger partial charge is 0.306 e. The van der Waals surface area contributed by atoms with Crippen LogP contribution in [0.5, 0.6) is 0 Å². The molecule has 0 radical (unpaired) electrons. The Labute approximate surface area is 498 Å². The van der Waals surface area contributed by atoms with Crippen LogP contribution in [0.4, 0.5) is 0 Å². The van der Waals surface area contributed by atoms with E-state index in [1.165, 1.54) is 44.9 Å². The van der Waals surface area contributed by atoms with Crippen LogP contribution in [0.15, 0.2) is 170 Å². The quantitative estimate of drug-likeness (QED) is 0.0261. The number of allylic oxidation sites excluding steroid dienone is 28. The molecule has 0 saturated heterocycles. The van der Waals surface area contributed by atoms with E-state index in [2.05, 4.69) is 191 Å². The molecule has 0 aromatic carbocycles. The Bertz CT molecular complexity index is 1860. The second kappa shape index (κ2) is 67.3. The van der Waals surface area contributed by atoms with E-state index < -0.39 is 6.10 Å². The average molecular weight is 1120 g/mol. The molecule has 0 heterocycles. The van der Waals surface area contributed by atoms with Gasteiger partial charge in [-0.3, -0.25) is 14.4 Å². The molecule has 1 unspecified atom stereocenters. The van der Waals surface area contributed by atoms with Gasteiger partial charge in [0.05, 0.1) is 0 Å². The molecule has 0 N–H and O–H groups in total. The molecule has 454 valence electrons. The van der Waals surface area contributed by atoms with Crippen LogP contribution >= 0.6 is 0 Å². The largest absolute Gasteiger partial charge is 0.462 e. The van der Waals surface area contributed by atoms with Gasteiger partial charge in [-0.15, -0.1) is 0 Å². The van der Waals surface area contributed by atoms with Gasteiger partial charge >= 0.3 is 17.9 Å². The van der Waals surface area contributed by atoms with Crippen molar-refractivity contribution in [1.82, 2.24) is 0 Å². The lowest BCUT2D eigenvalue weighted by atomic mass is 10.1.